The quantitative estimate of drug-likeness (QED) is 0.674. The van der Waals surface area contributed by atoms with Crippen LogP contribution in [0.5, 0.6) is 11.5 Å². The molecule has 110 valence electrons. The van der Waals surface area contributed by atoms with Gasteiger partial charge in [0, 0.05) is 11.8 Å². The predicted octanol–water partition coefficient (Wildman–Crippen LogP) is 3.52. The van der Waals surface area contributed by atoms with Crippen molar-refractivity contribution in [3.63, 3.8) is 0 Å². The van der Waals surface area contributed by atoms with Crippen LogP contribution >= 0.6 is 0 Å². The molecule has 0 spiro atoms. The van der Waals surface area contributed by atoms with Gasteiger partial charge in [-0.05, 0) is 61.1 Å². The highest BCUT2D eigenvalue weighted by atomic mass is 16.5. The summed E-state index contributed by atoms with van der Waals surface area (Å²) >= 11 is 0. The molecular weight excluding hydrogens is 262 g/mol. The fourth-order valence-corrected chi connectivity index (χ4v) is 2.72. The summed E-state index contributed by atoms with van der Waals surface area (Å²) in [6, 6.07) is 12.1. The topological polar surface area (TPSA) is 44.5 Å². The lowest BCUT2D eigenvalue weighted by Crippen LogP contribution is -2.10. The molecule has 3 heteroatoms. The number of nitrogen functional groups attached to an aromatic ring is 1. The van der Waals surface area contributed by atoms with E-state index in [9.17, 15) is 0 Å². The number of hydrogen-bond donors (Lipinski definition) is 1. The third-order valence-corrected chi connectivity index (χ3v) is 3.89. The molecule has 0 bridgehead atoms. The highest BCUT2D eigenvalue weighted by molar-refractivity contribution is 5.47. The van der Waals surface area contributed by atoms with E-state index >= 15 is 0 Å². The number of benzene rings is 2. The van der Waals surface area contributed by atoms with E-state index in [0.717, 1.165) is 22.7 Å². The fraction of sp³-hybridized carbons (Fsp3) is 0.333. The standard InChI is InChI=1S/C18H21NO2/c1-13-5-7-16(19)12-18(13)21-10-9-20-17-8-6-14-3-2-4-15(14)11-17/h5-8,11-12H,2-4,9-10,19H2,1H3. The number of hydrogen-bond acceptors (Lipinski definition) is 3. The van der Waals surface area contributed by atoms with Gasteiger partial charge in [-0.3, -0.25) is 0 Å². The number of rotatable bonds is 5. The smallest absolute Gasteiger partial charge is 0.124 e. The SMILES string of the molecule is Cc1ccc(N)cc1OCCOc1ccc2c(c1)CCC2. The molecule has 0 amide bonds. The Kier molecular flexibility index (Phi) is 4.00. The number of fused-ring (bicyclic) bond motifs is 1. The van der Waals surface area contributed by atoms with Crippen molar-refractivity contribution in [2.24, 2.45) is 0 Å². The summed E-state index contributed by atoms with van der Waals surface area (Å²) in [5, 5.41) is 0. The van der Waals surface area contributed by atoms with Crippen LogP contribution in [0.3, 0.4) is 0 Å². The molecule has 0 unspecified atom stereocenters. The molecule has 1 aliphatic rings. The maximum Gasteiger partial charge on any atom is 0.124 e. The Bertz CT molecular complexity index is 637. The van der Waals surface area contributed by atoms with Gasteiger partial charge in [-0.15, -0.1) is 0 Å². The predicted molar refractivity (Wildman–Crippen MR) is 85.0 cm³/mol. The maximum atomic E-state index is 5.77. The number of aryl methyl sites for hydroxylation is 3. The molecule has 0 aliphatic heterocycles. The first-order chi connectivity index (χ1) is 10.2. The highest BCUT2D eigenvalue weighted by Crippen LogP contribution is 2.26. The first kappa shape index (κ1) is 13.8. The van der Waals surface area contributed by atoms with Gasteiger partial charge < -0.3 is 15.2 Å². The lowest BCUT2D eigenvalue weighted by atomic mass is 10.1. The number of anilines is 1. The minimum atomic E-state index is 0.515. The summed E-state index contributed by atoms with van der Waals surface area (Å²) < 4.78 is 11.5. The zero-order valence-electron chi connectivity index (χ0n) is 12.4. The molecule has 1 aliphatic carbocycles. The molecule has 0 saturated heterocycles. The Balaban J connectivity index is 1.51. The third-order valence-electron chi connectivity index (χ3n) is 3.89. The molecule has 0 heterocycles. The van der Waals surface area contributed by atoms with E-state index in [4.69, 9.17) is 15.2 Å². The first-order valence-corrected chi connectivity index (χ1v) is 7.46. The summed E-state index contributed by atoms with van der Waals surface area (Å²) in [7, 11) is 0. The minimum absolute atomic E-state index is 0.515. The average Bonchev–Trinajstić information content (AvgIpc) is 2.94. The van der Waals surface area contributed by atoms with E-state index in [-0.39, 0.29) is 0 Å². The summed E-state index contributed by atoms with van der Waals surface area (Å²) in [4.78, 5) is 0. The van der Waals surface area contributed by atoms with Gasteiger partial charge in [0.05, 0.1) is 0 Å². The Morgan fingerprint density at radius 2 is 1.76 bits per heavy atom. The lowest BCUT2D eigenvalue weighted by molar-refractivity contribution is 0.216. The third kappa shape index (κ3) is 3.30. The average molecular weight is 283 g/mol. The molecule has 2 aromatic rings. The van der Waals surface area contributed by atoms with Crippen LogP contribution < -0.4 is 15.2 Å². The summed E-state index contributed by atoms with van der Waals surface area (Å²) in [5.41, 5.74) is 10.5. The molecular formula is C18H21NO2. The van der Waals surface area contributed by atoms with E-state index in [2.05, 4.69) is 18.2 Å². The van der Waals surface area contributed by atoms with Gasteiger partial charge in [0.1, 0.15) is 24.7 Å². The van der Waals surface area contributed by atoms with Crippen LogP contribution in [0.25, 0.3) is 0 Å². The van der Waals surface area contributed by atoms with Crippen LogP contribution in [0.4, 0.5) is 5.69 Å². The molecule has 3 rings (SSSR count). The molecule has 0 saturated carbocycles. The minimum Gasteiger partial charge on any atom is -0.490 e. The second kappa shape index (κ2) is 6.08. The fourth-order valence-electron chi connectivity index (χ4n) is 2.72. The normalized spacial score (nSPS) is 13.0. The van der Waals surface area contributed by atoms with Crippen LogP contribution in [0, 0.1) is 6.92 Å². The van der Waals surface area contributed by atoms with Crippen LogP contribution in [0.1, 0.15) is 23.1 Å². The van der Waals surface area contributed by atoms with Gasteiger partial charge in [-0.1, -0.05) is 12.1 Å². The molecule has 3 nitrogen and oxygen atoms in total. The van der Waals surface area contributed by atoms with Crippen LogP contribution in [0.2, 0.25) is 0 Å². The van der Waals surface area contributed by atoms with Gasteiger partial charge >= 0.3 is 0 Å². The van der Waals surface area contributed by atoms with Gasteiger partial charge in [0.15, 0.2) is 0 Å². The summed E-state index contributed by atoms with van der Waals surface area (Å²) in [5.74, 6) is 1.76. The first-order valence-electron chi connectivity index (χ1n) is 7.46. The van der Waals surface area contributed by atoms with E-state index in [1.165, 1.54) is 30.4 Å². The van der Waals surface area contributed by atoms with Crippen molar-refractivity contribution in [1.29, 1.82) is 0 Å². The van der Waals surface area contributed by atoms with Crippen LogP contribution in [-0.2, 0) is 12.8 Å². The zero-order chi connectivity index (χ0) is 14.7. The monoisotopic (exact) mass is 283 g/mol. The van der Waals surface area contributed by atoms with E-state index < -0.39 is 0 Å². The number of nitrogens with two attached hydrogens (primary N) is 1. The molecule has 21 heavy (non-hydrogen) atoms. The van der Waals surface area contributed by atoms with E-state index in [0.29, 0.717) is 13.2 Å². The van der Waals surface area contributed by atoms with Crippen molar-refractivity contribution >= 4 is 5.69 Å². The maximum absolute atomic E-state index is 5.77. The van der Waals surface area contributed by atoms with E-state index in [1.807, 2.05) is 25.1 Å². The Labute approximate surface area is 125 Å². The van der Waals surface area contributed by atoms with Gasteiger partial charge in [0.25, 0.3) is 0 Å². The second-order valence-electron chi connectivity index (χ2n) is 5.51. The molecule has 2 N–H and O–H groups in total. The van der Waals surface area contributed by atoms with Crippen molar-refractivity contribution in [1.82, 2.24) is 0 Å². The lowest BCUT2D eigenvalue weighted by Gasteiger charge is -2.11. The summed E-state index contributed by atoms with van der Waals surface area (Å²) in [6.45, 7) is 3.06. The molecule has 0 aromatic heterocycles. The van der Waals surface area contributed by atoms with Crippen molar-refractivity contribution in [2.75, 3.05) is 18.9 Å². The Morgan fingerprint density at radius 3 is 2.67 bits per heavy atom. The molecule has 0 radical (unpaired) electrons. The van der Waals surface area contributed by atoms with Crippen molar-refractivity contribution < 1.29 is 9.47 Å². The molecule has 0 atom stereocenters. The largest absolute Gasteiger partial charge is 0.490 e. The highest BCUT2D eigenvalue weighted by Gasteiger charge is 2.11. The molecule has 2 aromatic carbocycles. The van der Waals surface area contributed by atoms with E-state index in [1.54, 1.807) is 0 Å². The second-order valence-corrected chi connectivity index (χ2v) is 5.51. The van der Waals surface area contributed by atoms with Crippen molar-refractivity contribution in [3.05, 3.63) is 53.1 Å². The number of ether oxygens (including phenoxy) is 2. The van der Waals surface area contributed by atoms with Crippen LogP contribution in [0.15, 0.2) is 36.4 Å². The van der Waals surface area contributed by atoms with Gasteiger partial charge in [-0.2, -0.15) is 0 Å². The van der Waals surface area contributed by atoms with Gasteiger partial charge in [0.2, 0.25) is 0 Å². The summed E-state index contributed by atoms with van der Waals surface area (Å²) in [6.07, 6.45) is 3.63. The van der Waals surface area contributed by atoms with Crippen molar-refractivity contribution in [2.45, 2.75) is 26.2 Å². The Morgan fingerprint density at radius 1 is 0.952 bits per heavy atom. The zero-order valence-corrected chi connectivity index (χ0v) is 12.4. The van der Waals surface area contributed by atoms with Crippen LogP contribution in [-0.4, -0.2) is 13.2 Å². The van der Waals surface area contributed by atoms with Gasteiger partial charge in [-0.25, -0.2) is 0 Å². The Hall–Kier alpha value is -2.16. The molecule has 0 fully saturated rings. The van der Waals surface area contributed by atoms with Crippen molar-refractivity contribution in [3.8, 4) is 11.5 Å².